The molecule has 0 aromatic heterocycles. The summed E-state index contributed by atoms with van der Waals surface area (Å²) in [6, 6.07) is 6.93. The highest BCUT2D eigenvalue weighted by molar-refractivity contribution is 7.94. The fourth-order valence-electron chi connectivity index (χ4n) is 1.77. The molecule has 0 spiro atoms. The summed E-state index contributed by atoms with van der Waals surface area (Å²) in [4.78, 5) is 10.9. The summed E-state index contributed by atoms with van der Waals surface area (Å²) < 4.78 is 22.5. The molecule has 1 heterocycles. The summed E-state index contributed by atoms with van der Waals surface area (Å²) >= 11 is 0. The van der Waals surface area contributed by atoms with Gasteiger partial charge < -0.3 is 10.6 Å². The van der Waals surface area contributed by atoms with Gasteiger partial charge in [0.15, 0.2) is 9.84 Å². The largest absolute Gasteiger partial charge is 0.378 e. The lowest BCUT2D eigenvalue weighted by atomic mass is 10.2. The van der Waals surface area contributed by atoms with Crippen LogP contribution in [0, 0.1) is 0 Å². The first kappa shape index (κ1) is 12.6. The van der Waals surface area contributed by atoms with E-state index in [4.69, 9.17) is 0 Å². The molecule has 96 valence electrons. The second-order valence-electron chi connectivity index (χ2n) is 4.17. The van der Waals surface area contributed by atoms with E-state index in [2.05, 4.69) is 10.6 Å². The monoisotopic (exact) mass is 266 g/mol. The van der Waals surface area contributed by atoms with E-state index in [-0.39, 0.29) is 17.7 Å². The standard InChI is InChI=1S/C12H14N2O3S/c1-9(15)13-10-3-2-4-11(7-10)14-12-5-6-18(16,17)8-12/h2-7,12,14H,8H2,1H3,(H,13,15). The maximum Gasteiger partial charge on any atom is 0.221 e. The Bertz CT molecular complexity index is 593. The molecule has 1 atom stereocenters. The predicted octanol–water partition coefficient (Wildman–Crippen LogP) is 1.37. The minimum Gasteiger partial charge on any atom is -0.378 e. The molecule has 0 fully saturated rings. The van der Waals surface area contributed by atoms with E-state index in [1.54, 1.807) is 24.3 Å². The Morgan fingerprint density at radius 1 is 1.33 bits per heavy atom. The predicted molar refractivity (Wildman–Crippen MR) is 71.1 cm³/mol. The topological polar surface area (TPSA) is 75.3 Å². The van der Waals surface area contributed by atoms with Gasteiger partial charge in [-0.15, -0.1) is 0 Å². The number of anilines is 2. The van der Waals surface area contributed by atoms with Crippen LogP contribution in [-0.2, 0) is 14.6 Å². The fourth-order valence-corrected chi connectivity index (χ4v) is 3.00. The van der Waals surface area contributed by atoms with Gasteiger partial charge in [-0.3, -0.25) is 4.79 Å². The van der Waals surface area contributed by atoms with E-state index in [9.17, 15) is 13.2 Å². The lowest BCUT2D eigenvalue weighted by Gasteiger charge is -2.12. The van der Waals surface area contributed by atoms with Crippen molar-refractivity contribution in [3.8, 4) is 0 Å². The first-order chi connectivity index (χ1) is 8.44. The SMILES string of the molecule is CC(=O)Nc1cccc(NC2C=CS(=O)(=O)C2)c1. The Morgan fingerprint density at radius 3 is 2.67 bits per heavy atom. The van der Waals surface area contributed by atoms with Crippen LogP contribution in [-0.4, -0.2) is 26.1 Å². The van der Waals surface area contributed by atoms with Crippen LogP contribution in [0.4, 0.5) is 11.4 Å². The van der Waals surface area contributed by atoms with Crippen LogP contribution in [0.1, 0.15) is 6.92 Å². The van der Waals surface area contributed by atoms with Crippen molar-refractivity contribution in [2.24, 2.45) is 0 Å². The smallest absolute Gasteiger partial charge is 0.221 e. The molecular formula is C12H14N2O3S. The highest BCUT2D eigenvalue weighted by atomic mass is 32.2. The van der Waals surface area contributed by atoms with Crippen LogP contribution in [0.2, 0.25) is 0 Å². The Balaban J connectivity index is 2.06. The van der Waals surface area contributed by atoms with Crippen molar-refractivity contribution < 1.29 is 13.2 Å². The van der Waals surface area contributed by atoms with Crippen molar-refractivity contribution in [2.45, 2.75) is 13.0 Å². The van der Waals surface area contributed by atoms with Gasteiger partial charge in [0.05, 0.1) is 11.8 Å². The normalized spacial score (nSPS) is 20.6. The second-order valence-corrected chi connectivity index (χ2v) is 6.10. The first-order valence-corrected chi connectivity index (χ1v) is 7.21. The Labute approximate surface area is 106 Å². The number of carbonyl (C=O) groups excluding carboxylic acids is 1. The van der Waals surface area contributed by atoms with Crippen LogP contribution < -0.4 is 10.6 Å². The zero-order valence-electron chi connectivity index (χ0n) is 9.88. The van der Waals surface area contributed by atoms with Gasteiger partial charge >= 0.3 is 0 Å². The molecule has 2 rings (SSSR count). The van der Waals surface area contributed by atoms with Crippen molar-refractivity contribution in [3.63, 3.8) is 0 Å². The molecule has 0 bridgehead atoms. The van der Waals surface area contributed by atoms with E-state index < -0.39 is 9.84 Å². The molecule has 0 aliphatic carbocycles. The van der Waals surface area contributed by atoms with Crippen LogP contribution in [0.3, 0.4) is 0 Å². The average Bonchev–Trinajstić information content (AvgIpc) is 2.57. The minimum absolute atomic E-state index is 0.0668. The fraction of sp³-hybridized carbons (Fsp3) is 0.250. The third-order valence-electron chi connectivity index (χ3n) is 2.47. The number of nitrogens with one attached hydrogen (secondary N) is 2. The Morgan fingerprint density at radius 2 is 2.06 bits per heavy atom. The van der Waals surface area contributed by atoms with Gasteiger partial charge in [-0.25, -0.2) is 8.42 Å². The molecule has 1 amide bonds. The number of hydrogen-bond acceptors (Lipinski definition) is 4. The zero-order chi connectivity index (χ0) is 13.2. The van der Waals surface area contributed by atoms with Gasteiger partial charge in [-0.05, 0) is 18.2 Å². The third-order valence-corrected chi connectivity index (χ3v) is 3.86. The summed E-state index contributed by atoms with van der Waals surface area (Å²) in [5, 5.41) is 6.99. The molecule has 18 heavy (non-hydrogen) atoms. The van der Waals surface area contributed by atoms with Gasteiger partial charge in [0.2, 0.25) is 5.91 Å². The van der Waals surface area contributed by atoms with Gasteiger partial charge in [0, 0.05) is 23.7 Å². The lowest BCUT2D eigenvalue weighted by molar-refractivity contribution is -0.114. The molecule has 6 heteroatoms. The van der Waals surface area contributed by atoms with E-state index in [0.717, 1.165) is 5.69 Å². The number of hydrogen-bond donors (Lipinski definition) is 2. The molecule has 2 N–H and O–H groups in total. The Kier molecular flexibility index (Phi) is 3.38. The van der Waals surface area contributed by atoms with E-state index in [1.807, 2.05) is 6.07 Å². The molecule has 1 aromatic carbocycles. The lowest BCUT2D eigenvalue weighted by Crippen LogP contribution is -2.20. The average molecular weight is 266 g/mol. The van der Waals surface area contributed by atoms with E-state index in [0.29, 0.717) is 5.69 Å². The van der Waals surface area contributed by atoms with Crippen LogP contribution in [0.25, 0.3) is 0 Å². The summed E-state index contributed by atoms with van der Waals surface area (Å²) in [6.45, 7) is 1.44. The molecule has 0 radical (unpaired) electrons. The maximum absolute atomic E-state index is 11.3. The maximum atomic E-state index is 11.3. The molecular weight excluding hydrogens is 252 g/mol. The van der Waals surface area contributed by atoms with Crippen molar-refractivity contribution in [1.82, 2.24) is 0 Å². The number of carbonyl (C=O) groups is 1. The summed E-state index contributed by atoms with van der Waals surface area (Å²) in [5.41, 5.74) is 1.45. The number of rotatable bonds is 3. The first-order valence-electron chi connectivity index (χ1n) is 5.50. The summed E-state index contributed by atoms with van der Waals surface area (Å²) in [5.74, 6) is -0.0762. The summed E-state index contributed by atoms with van der Waals surface area (Å²) in [6.07, 6.45) is 1.63. The van der Waals surface area contributed by atoms with Crippen LogP contribution in [0.15, 0.2) is 35.7 Å². The van der Waals surface area contributed by atoms with Gasteiger partial charge in [0.1, 0.15) is 0 Å². The zero-order valence-corrected chi connectivity index (χ0v) is 10.7. The molecule has 1 aliphatic rings. The third kappa shape index (κ3) is 3.33. The quantitative estimate of drug-likeness (QED) is 0.866. The highest BCUT2D eigenvalue weighted by Gasteiger charge is 2.21. The van der Waals surface area contributed by atoms with Crippen molar-refractivity contribution in [2.75, 3.05) is 16.4 Å². The second kappa shape index (κ2) is 4.81. The molecule has 0 saturated carbocycles. The molecule has 1 unspecified atom stereocenters. The van der Waals surface area contributed by atoms with Crippen molar-refractivity contribution >= 4 is 27.1 Å². The minimum atomic E-state index is -3.06. The highest BCUT2D eigenvalue weighted by Crippen LogP contribution is 2.18. The van der Waals surface area contributed by atoms with Crippen LogP contribution in [0.5, 0.6) is 0 Å². The van der Waals surface area contributed by atoms with Gasteiger partial charge in [0.25, 0.3) is 0 Å². The number of benzene rings is 1. The van der Waals surface area contributed by atoms with E-state index >= 15 is 0 Å². The molecule has 0 saturated heterocycles. The number of sulfone groups is 1. The number of amides is 1. The van der Waals surface area contributed by atoms with Crippen molar-refractivity contribution in [3.05, 3.63) is 35.7 Å². The van der Waals surface area contributed by atoms with E-state index in [1.165, 1.54) is 12.3 Å². The van der Waals surface area contributed by atoms with Gasteiger partial charge in [-0.2, -0.15) is 0 Å². The van der Waals surface area contributed by atoms with Crippen molar-refractivity contribution in [1.29, 1.82) is 0 Å². The molecule has 1 aliphatic heterocycles. The summed E-state index contributed by atoms with van der Waals surface area (Å²) in [7, 11) is -3.06. The molecule has 5 nitrogen and oxygen atoms in total. The van der Waals surface area contributed by atoms with Gasteiger partial charge in [-0.1, -0.05) is 12.1 Å². The molecule has 1 aromatic rings. The van der Waals surface area contributed by atoms with Crippen LogP contribution >= 0.6 is 0 Å². The Hall–Kier alpha value is -1.82.